The van der Waals surface area contributed by atoms with Crippen molar-refractivity contribution in [1.82, 2.24) is 4.98 Å². The maximum absolute atomic E-state index is 13.4. The summed E-state index contributed by atoms with van der Waals surface area (Å²) in [4.78, 5) is 3.49. The summed E-state index contributed by atoms with van der Waals surface area (Å²) in [6.45, 7) is -0.0305. The van der Waals surface area contributed by atoms with E-state index in [1.807, 2.05) is 0 Å². The fourth-order valence-electron chi connectivity index (χ4n) is 1.75. The van der Waals surface area contributed by atoms with Crippen molar-refractivity contribution in [1.29, 1.82) is 0 Å². The summed E-state index contributed by atoms with van der Waals surface area (Å²) in [7, 11) is 0. The quantitative estimate of drug-likeness (QED) is 0.462. The van der Waals surface area contributed by atoms with Crippen LogP contribution in [0.2, 0.25) is 0 Å². The number of hydrogen-bond donors (Lipinski definition) is 0. The van der Waals surface area contributed by atoms with E-state index >= 15 is 0 Å². The number of hydrogen-bond acceptors (Lipinski definition) is 4. The molecular formula is C14H10BrCsF3NO3. The normalized spacial score (nSPS) is 13.7. The first-order valence-electron chi connectivity index (χ1n) is 5.75. The van der Waals surface area contributed by atoms with Gasteiger partial charge < -0.3 is 21.6 Å². The van der Waals surface area contributed by atoms with Crippen molar-refractivity contribution in [2.24, 2.45) is 0 Å². The zero-order valence-electron chi connectivity index (χ0n) is 12.3. The van der Waals surface area contributed by atoms with Gasteiger partial charge in [0.05, 0.1) is 0 Å². The molecule has 0 amide bonds. The zero-order chi connectivity index (χ0) is 15.0. The third kappa shape index (κ3) is 5.28. The molecule has 118 valence electrons. The summed E-state index contributed by atoms with van der Waals surface area (Å²) in [5, 5.41) is 0. The van der Waals surface area contributed by atoms with Gasteiger partial charge in [-0.15, -0.1) is 8.78 Å². The van der Waals surface area contributed by atoms with E-state index in [0.29, 0.717) is 10.0 Å². The molecule has 0 N–H and O–H groups in total. The topological polar surface area (TPSA) is 40.6 Å². The van der Waals surface area contributed by atoms with E-state index in [9.17, 15) is 13.2 Å². The molecule has 1 aromatic heterocycles. The SMILES string of the molecule is Fc1ncc(Br)cc1OCc1ccc2c(c1)OC(F)(F)O2.[CH3-].[Cs+]. The van der Waals surface area contributed by atoms with E-state index in [2.05, 4.69) is 30.4 Å². The molecule has 0 fully saturated rings. The Kier molecular flexibility index (Phi) is 7.77. The van der Waals surface area contributed by atoms with E-state index < -0.39 is 12.2 Å². The molecule has 1 aliphatic rings. The fraction of sp³-hybridized carbons (Fsp3) is 0.143. The summed E-state index contributed by atoms with van der Waals surface area (Å²) in [6.07, 6.45) is -2.37. The van der Waals surface area contributed by atoms with Crippen LogP contribution in [-0.4, -0.2) is 11.3 Å². The van der Waals surface area contributed by atoms with E-state index in [0.717, 1.165) is 0 Å². The van der Waals surface area contributed by atoms with Crippen LogP contribution in [0.4, 0.5) is 13.2 Å². The van der Waals surface area contributed by atoms with Gasteiger partial charge in [-0.05, 0) is 33.6 Å². The van der Waals surface area contributed by atoms with Crippen molar-refractivity contribution in [3.63, 3.8) is 0 Å². The second-order valence-corrected chi connectivity index (χ2v) is 5.10. The van der Waals surface area contributed by atoms with Gasteiger partial charge in [-0.3, -0.25) is 0 Å². The van der Waals surface area contributed by atoms with Gasteiger partial charge >= 0.3 is 75.2 Å². The van der Waals surface area contributed by atoms with Gasteiger partial charge in [0.2, 0.25) is 0 Å². The predicted octanol–water partition coefficient (Wildman–Crippen LogP) is 1.34. The average Bonchev–Trinajstić information content (AvgIpc) is 2.72. The fourth-order valence-corrected chi connectivity index (χ4v) is 2.06. The predicted molar refractivity (Wildman–Crippen MR) is 75.3 cm³/mol. The Balaban J connectivity index is 0.00000132. The molecule has 0 unspecified atom stereocenters. The smallest absolute Gasteiger partial charge is 0.484 e. The van der Waals surface area contributed by atoms with Crippen LogP contribution in [0.3, 0.4) is 0 Å². The molecule has 1 aromatic carbocycles. The molecule has 0 aliphatic carbocycles. The van der Waals surface area contributed by atoms with Crippen molar-refractivity contribution >= 4 is 15.9 Å². The molecule has 4 nitrogen and oxygen atoms in total. The Hall–Kier alpha value is 0.0919. The molecule has 0 saturated heterocycles. The van der Waals surface area contributed by atoms with Gasteiger partial charge in [0.15, 0.2) is 17.2 Å². The molecule has 3 rings (SSSR count). The van der Waals surface area contributed by atoms with E-state index in [1.165, 1.54) is 30.5 Å². The maximum Gasteiger partial charge on any atom is 1.00 e. The van der Waals surface area contributed by atoms with Crippen molar-refractivity contribution in [2.75, 3.05) is 0 Å². The van der Waals surface area contributed by atoms with Gasteiger partial charge in [0, 0.05) is 16.7 Å². The zero-order valence-corrected chi connectivity index (χ0v) is 20.1. The summed E-state index contributed by atoms with van der Waals surface area (Å²) >= 11 is 3.15. The van der Waals surface area contributed by atoms with Gasteiger partial charge in [-0.25, -0.2) is 4.98 Å². The first-order chi connectivity index (χ1) is 9.93. The van der Waals surface area contributed by atoms with Crippen molar-refractivity contribution in [3.05, 3.63) is 53.9 Å². The Morgan fingerprint density at radius 2 is 1.87 bits per heavy atom. The van der Waals surface area contributed by atoms with Gasteiger partial charge in [0.1, 0.15) is 6.61 Å². The molecule has 2 aromatic rings. The number of benzene rings is 1. The van der Waals surface area contributed by atoms with E-state index in [1.54, 1.807) is 0 Å². The number of halogens is 4. The third-order valence-corrected chi connectivity index (χ3v) is 3.07. The standard InChI is InChI=1S/C13H7BrF3NO3.CH3.Cs/c14-8-4-11(12(15)18-5-8)19-6-7-1-2-9-10(3-7)21-13(16,17)20-9;;/h1-5H,6H2;1H3;/q;-1;+1. The molecule has 9 heteroatoms. The Labute approximate surface area is 198 Å². The number of fused-ring (bicyclic) bond motifs is 1. The summed E-state index contributed by atoms with van der Waals surface area (Å²) in [6, 6.07) is 5.63. The van der Waals surface area contributed by atoms with E-state index in [4.69, 9.17) is 4.74 Å². The molecule has 1 aliphatic heterocycles. The number of nitrogens with zero attached hydrogens (tertiary/aromatic N) is 1. The first kappa shape index (κ1) is 21.1. The molecule has 2 heterocycles. The Morgan fingerprint density at radius 1 is 1.17 bits per heavy atom. The molecule has 0 spiro atoms. The van der Waals surface area contributed by atoms with E-state index in [-0.39, 0.29) is 100 Å². The van der Waals surface area contributed by atoms with Crippen LogP contribution in [0.15, 0.2) is 34.9 Å². The number of ether oxygens (including phenoxy) is 3. The monoisotopic (exact) mass is 509 g/mol. The number of rotatable bonds is 3. The minimum absolute atomic E-state index is 0. The van der Waals surface area contributed by atoms with Crippen LogP contribution in [-0.2, 0) is 6.61 Å². The Bertz CT molecular complexity index is 703. The first-order valence-corrected chi connectivity index (χ1v) is 6.55. The van der Waals surface area contributed by atoms with Gasteiger partial charge in [-0.1, -0.05) is 6.07 Å². The second-order valence-electron chi connectivity index (χ2n) is 4.18. The third-order valence-electron chi connectivity index (χ3n) is 2.63. The van der Waals surface area contributed by atoms with Crippen LogP contribution < -0.4 is 83.1 Å². The minimum atomic E-state index is -3.66. The molecule has 0 bridgehead atoms. The van der Waals surface area contributed by atoms with Crippen LogP contribution in [0, 0.1) is 13.4 Å². The number of alkyl halides is 2. The number of pyridine rings is 1. The van der Waals surface area contributed by atoms with Gasteiger partial charge in [-0.2, -0.15) is 4.39 Å². The van der Waals surface area contributed by atoms with Gasteiger partial charge in [0.25, 0.3) is 5.95 Å². The maximum atomic E-state index is 13.4. The minimum Gasteiger partial charge on any atom is -0.484 e. The summed E-state index contributed by atoms with van der Waals surface area (Å²) < 4.78 is 53.6. The largest absolute Gasteiger partial charge is 1.00 e. The van der Waals surface area contributed by atoms with Crippen LogP contribution >= 0.6 is 15.9 Å². The number of aromatic nitrogens is 1. The average molecular weight is 510 g/mol. The molecule has 23 heavy (non-hydrogen) atoms. The molecular weight excluding hydrogens is 500 g/mol. The summed E-state index contributed by atoms with van der Waals surface area (Å²) in [5.41, 5.74) is 0.523. The Morgan fingerprint density at radius 3 is 2.61 bits per heavy atom. The van der Waals surface area contributed by atoms with Crippen molar-refractivity contribution in [3.8, 4) is 17.2 Å². The van der Waals surface area contributed by atoms with Crippen molar-refractivity contribution < 1.29 is 96.3 Å². The second kappa shape index (κ2) is 8.46. The molecule has 0 atom stereocenters. The molecule has 0 saturated carbocycles. The van der Waals surface area contributed by atoms with Crippen molar-refractivity contribution in [2.45, 2.75) is 12.9 Å². The summed E-state index contributed by atoms with van der Waals surface area (Å²) in [5.74, 6) is -0.953. The van der Waals surface area contributed by atoms with Crippen LogP contribution in [0.5, 0.6) is 17.2 Å². The van der Waals surface area contributed by atoms with Crippen LogP contribution in [0.25, 0.3) is 0 Å². The molecule has 0 radical (unpaired) electrons. The van der Waals surface area contributed by atoms with Crippen LogP contribution in [0.1, 0.15) is 5.56 Å².